The van der Waals surface area contributed by atoms with Gasteiger partial charge < -0.3 is 19.5 Å². The molecule has 226 valence electrons. The molecule has 1 saturated heterocycles. The van der Waals surface area contributed by atoms with Gasteiger partial charge in [-0.2, -0.15) is 26.3 Å². The van der Waals surface area contributed by atoms with Crippen molar-refractivity contribution < 1.29 is 45.7 Å². The summed E-state index contributed by atoms with van der Waals surface area (Å²) < 4.78 is 91.3. The van der Waals surface area contributed by atoms with Gasteiger partial charge in [0.25, 0.3) is 0 Å². The molecule has 6 nitrogen and oxygen atoms in total. The molecule has 0 radical (unpaired) electrons. The molecule has 0 amide bonds. The van der Waals surface area contributed by atoms with Gasteiger partial charge in [-0.05, 0) is 67.2 Å². The molecule has 1 aliphatic heterocycles. The van der Waals surface area contributed by atoms with Crippen molar-refractivity contribution in [1.29, 1.82) is 0 Å². The molecule has 4 rings (SSSR count). The van der Waals surface area contributed by atoms with E-state index in [-0.39, 0.29) is 29.5 Å². The topological polar surface area (TPSA) is 71.0 Å². The highest BCUT2D eigenvalue weighted by molar-refractivity contribution is 5.68. The lowest BCUT2D eigenvalue weighted by molar-refractivity contribution is -0.171. The number of carbonyl (C=O) groups is 1. The quantitative estimate of drug-likeness (QED) is 0.269. The fraction of sp³-hybridized carbons (Fsp3) is 0.552. The molecule has 12 heteroatoms. The Morgan fingerprint density at radius 2 is 1.73 bits per heavy atom. The van der Waals surface area contributed by atoms with Crippen LogP contribution in [0, 0.1) is 11.8 Å². The maximum Gasteiger partial charge on any atom is 0.407 e. The molecule has 1 unspecified atom stereocenters. The first-order chi connectivity index (χ1) is 19.3. The molecule has 1 aliphatic carbocycles. The lowest BCUT2D eigenvalue weighted by Crippen LogP contribution is -2.41. The Morgan fingerprint density at radius 1 is 1.02 bits per heavy atom. The molecule has 2 atom stereocenters. The highest BCUT2D eigenvalue weighted by Crippen LogP contribution is 2.45. The fourth-order valence-electron chi connectivity index (χ4n) is 5.42. The van der Waals surface area contributed by atoms with Gasteiger partial charge in [0.2, 0.25) is 0 Å². The van der Waals surface area contributed by atoms with Gasteiger partial charge in [-0.15, -0.1) is 0 Å². The maximum absolute atomic E-state index is 13.9. The van der Waals surface area contributed by atoms with E-state index in [0.717, 1.165) is 24.5 Å². The van der Waals surface area contributed by atoms with Crippen LogP contribution in [-0.4, -0.2) is 56.8 Å². The van der Waals surface area contributed by atoms with Crippen LogP contribution >= 0.6 is 0 Å². The highest BCUT2D eigenvalue weighted by Gasteiger charge is 2.44. The third-order valence-electron chi connectivity index (χ3n) is 7.70. The first-order valence-corrected chi connectivity index (χ1v) is 13.6. The van der Waals surface area contributed by atoms with Crippen LogP contribution in [0.5, 0.6) is 11.5 Å². The number of rotatable bonds is 12. The van der Waals surface area contributed by atoms with Gasteiger partial charge in [0.05, 0.1) is 26.7 Å². The molecular weight excluding hydrogens is 554 g/mol. The third kappa shape index (κ3) is 8.67. The Kier molecular flexibility index (Phi) is 9.61. The summed E-state index contributed by atoms with van der Waals surface area (Å²) in [5, 5.41) is 10.9. The summed E-state index contributed by atoms with van der Waals surface area (Å²) in [7, 11) is 1.37. The van der Waals surface area contributed by atoms with Crippen molar-refractivity contribution in [3.8, 4) is 11.5 Å². The Hall–Kier alpha value is -3.15. The van der Waals surface area contributed by atoms with Gasteiger partial charge in [0, 0.05) is 30.4 Å². The number of carboxylic acid groups (broad SMARTS) is 1. The van der Waals surface area contributed by atoms with E-state index in [4.69, 9.17) is 9.47 Å². The largest absolute Gasteiger partial charge is 0.497 e. The smallest absolute Gasteiger partial charge is 0.407 e. The zero-order valence-electron chi connectivity index (χ0n) is 22.6. The lowest BCUT2D eigenvalue weighted by Gasteiger charge is -2.36. The Bertz CT molecular complexity index is 1180. The summed E-state index contributed by atoms with van der Waals surface area (Å²) in [5.74, 6) is 0.536. The van der Waals surface area contributed by atoms with Gasteiger partial charge in [-0.1, -0.05) is 18.2 Å². The van der Waals surface area contributed by atoms with Crippen LogP contribution in [0.15, 0.2) is 42.5 Å². The zero-order valence-corrected chi connectivity index (χ0v) is 22.6. The molecule has 2 fully saturated rings. The van der Waals surface area contributed by atoms with Crippen LogP contribution in [0.25, 0.3) is 0 Å². The summed E-state index contributed by atoms with van der Waals surface area (Å²) in [4.78, 5) is 13.1. The average molecular weight is 589 g/mol. The highest BCUT2D eigenvalue weighted by atomic mass is 19.4. The Balaban J connectivity index is 1.41. The monoisotopic (exact) mass is 588 g/mol. The van der Waals surface area contributed by atoms with Crippen LogP contribution < -0.4 is 19.7 Å². The second-order valence-corrected chi connectivity index (χ2v) is 10.8. The molecule has 41 heavy (non-hydrogen) atoms. The van der Waals surface area contributed by atoms with Crippen molar-refractivity contribution in [2.75, 3.05) is 38.3 Å². The number of anilines is 1. The molecule has 2 aromatic rings. The average Bonchev–Trinajstić information content (AvgIpc) is 3.75. The molecule has 0 aromatic heterocycles. The van der Waals surface area contributed by atoms with Crippen molar-refractivity contribution in [3.63, 3.8) is 0 Å². The summed E-state index contributed by atoms with van der Waals surface area (Å²) >= 11 is 0. The molecule has 0 spiro atoms. The first kappa shape index (κ1) is 30.8. The SMILES string of the molecule is COc1ccc(C(NCC(F)(F)F)C(F)(F)F)c(N2CCC(COc3cccc([C@@H](CC(=O)O)C4CC4)c3)CC2)c1. The third-order valence-corrected chi connectivity index (χ3v) is 7.70. The van der Waals surface area contributed by atoms with Crippen LogP contribution in [-0.2, 0) is 4.79 Å². The lowest BCUT2D eigenvalue weighted by atomic mass is 9.91. The van der Waals surface area contributed by atoms with Crippen molar-refractivity contribution >= 4 is 11.7 Å². The van der Waals surface area contributed by atoms with Crippen molar-refractivity contribution in [2.45, 2.75) is 56.4 Å². The summed E-state index contributed by atoms with van der Waals surface area (Å²) in [6.45, 7) is -0.616. The van der Waals surface area contributed by atoms with E-state index in [1.165, 1.54) is 19.2 Å². The van der Waals surface area contributed by atoms with Crippen LogP contribution in [0.1, 0.15) is 55.2 Å². The first-order valence-electron chi connectivity index (χ1n) is 13.6. The van der Waals surface area contributed by atoms with Gasteiger partial charge in [0.15, 0.2) is 0 Å². The summed E-state index contributed by atoms with van der Waals surface area (Å²) in [6, 6.07) is 8.87. The van der Waals surface area contributed by atoms with E-state index in [9.17, 15) is 36.2 Å². The predicted octanol–water partition coefficient (Wildman–Crippen LogP) is 6.71. The number of benzene rings is 2. The van der Waals surface area contributed by atoms with E-state index in [2.05, 4.69) is 0 Å². The van der Waals surface area contributed by atoms with Crippen LogP contribution in [0.4, 0.5) is 32.0 Å². The molecule has 1 saturated carbocycles. The van der Waals surface area contributed by atoms with Gasteiger partial charge in [-0.25, -0.2) is 0 Å². The number of nitrogens with one attached hydrogen (secondary N) is 1. The normalized spacial score (nSPS) is 18.2. The molecule has 1 heterocycles. The van der Waals surface area contributed by atoms with Gasteiger partial charge >= 0.3 is 18.3 Å². The number of piperidine rings is 1. The minimum Gasteiger partial charge on any atom is -0.497 e. The molecule has 2 N–H and O–H groups in total. The number of halogens is 6. The minimum atomic E-state index is -4.95. The fourth-order valence-corrected chi connectivity index (χ4v) is 5.42. The Labute approximate surface area is 234 Å². The molecule has 2 aromatic carbocycles. The zero-order chi connectivity index (χ0) is 29.8. The van der Waals surface area contributed by atoms with E-state index >= 15 is 0 Å². The number of ether oxygens (including phenoxy) is 2. The van der Waals surface area contributed by atoms with Crippen molar-refractivity contribution in [1.82, 2.24) is 5.32 Å². The van der Waals surface area contributed by atoms with Crippen LogP contribution in [0.3, 0.4) is 0 Å². The number of alkyl halides is 6. The molecule has 0 bridgehead atoms. The van der Waals surface area contributed by atoms with Gasteiger partial charge in [0.1, 0.15) is 17.5 Å². The standard InChI is InChI=1S/C29H34F6N2O4/c1-40-21-7-8-23(27(29(33,34)35)36-17-28(30,31)32)25(14-21)37-11-9-18(10-12-37)16-41-22-4-2-3-20(13-22)24(15-26(38)39)19-5-6-19/h2-4,7-8,13-14,18-19,24,27,36H,5-6,9-12,15-17H2,1H3,(H,38,39)/t24-,27?/m0/s1. The minimum absolute atomic E-state index is 0.0532. The maximum atomic E-state index is 13.9. The van der Waals surface area contributed by atoms with Crippen molar-refractivity contribution in [2.24, 2.45) is 11.8 Å². The number of methoxy groups -OCH3 is 1. The van der Waals surface area contributed by atoms with Crippen LogP contribution in [0.2, 0.25) is 0 Å². The summed E-state index contributed by atoms with van der Waals surface area (Å²) in [5.41, 5.74) is 0.824. The number of hydrogen-bond acceptors (Lipinski definition) is 5. The van der Waals surface area contributed by atoms with E-state index < -0.39 is 30.9 Å². The summed E-state index contributed by atoms with van der Waals surface area (Å²) in [6.07, 6.45) is -6.45. The number of carboxylic acids is 1. The number of nitrogens with zero attached hydrogens (tertiary/aromatic N) is 1. The second-order valence-electron chi connectivity index (χ2n) is 10.8. The predicted molar refractivity (Wildman–Crippen MR) is 140 cm³/mol. The van der Waals surface area contributed by atoms with Crippen molar-refractivity contribution in [3.05, 3.63) is 53.6 Å². The second kappa shape index (κ2) is 12.8. The van der Waals surface area contributed by atoms with E-state index in [1.807, 2.05) is 24.3 Å². The molecule has 2 aliphatic rings. The number of aliphatic carboxylic acids is 1. The van der Waals surface area contributed by atoms with E-state index in [0.29, 0.717) is 50.0 Å². The molecular formula is C29H34F6N2O4. The van der Waals surface area contributed by atoms with E-state index in [1.54, 1.807) is 10.2 Å². The number of hydrogen-bond donors (Lipinski definition) is 2. The van der Waals surface area contributed by atoms with Gasteiger partial charge in [-0.3, -0.25) is 10.1 Å². The Morgan fingerprint density at radius 3 is 2.32 bits per heavy atom.